The van der Waals surface area contributed by atoms with Gasteiger partial charge in [0.25, 0.3) is 0 Å². The van der Waals surface area contributed by atoms with E-state index >= 15 is 0 Å². The number of nitrogens with one attached hydrogen (secondary N) is 4. The normalized spacial score (nSPS) is 16.2. The molecule has 0 aromatic carbocycles. The molecule has 0 aromatic heterocycles. The molecule has 4 N–H and O–H groups in total. The fourth-order valence-corrected chi connectivity index (χ4v) is 2.36. The van der Waals surface area contributed by atoms with Gasteiger partial charge in [-0.2, -0.15) is 0 Å². The molecule has 6 nitrogen and oxygen atoms in total. The van der Waals surface area contributed by atoms with Crippen molar-refractivity contribution in [2.24, 2.45) is 5.92 Å². The van der Waals surface area contributed by atoms with Gasteiger partial charge in [0.05, 0.1) is 0 Å². The summed E-state index contributed by atoms with van der Waals surface area (Å²) in [6.07, 6.45) is 10.7. The van der Waals surface area contributed by atoms with Crippen LogP contribution in [0.5, 0.6) is 0 Å². The predicted octanol–water partition coefficient (Wildman–Crippen LogP) is 2.15. The Balaban J connectivity index is 2.20. The predicted molar refractivity (Wildman–Crippen MR) is 104 cm³/mol. The summed E-state index contributed by atoms with van der Waals surface area (Å²) in [5.74, 6) is 0.695. The molecule has 0 spiro atoms. The Morgan fingerprint density at radius 2 is 2.04 bits per heavy atom. The summed E-state index contributed by atoms with van der Waals surface area (Å²) < 4.78 is 5.52. The second kappa shape index (κ2) is 13.9. The zero-order valence-corrected chi connectivity index (χ0v) is 16.1. The maximum atomic E-state index is 11.6. The summed E-state index contributed by atoms with van der Waals surface area (Å²) in [7, 11) is 1.70. The molecule has 0 bridgehead atoms. The van der Waals surface area contributed by atoms with E-state index in [-0.39, 0.29) is 12.3 Å². The summed E-state index contributed by atoms with van der Waals surface area (Å²) in [4.78, 5) is 11.6. The van der Waals surface area contributed by atoms with Gasteiger partial charge in [0.1, 0.15) is 6.23 Å². The van der Waals surface area contributed by atoms with Crippen LogP contribution in [0.2, 0.25) is 0 Å². The largest absolute Gasteiger partial charge is 0.362 e. The topological polar surface area (TPSA) is 74.4 Å². The number of hydrogen-bond acceptors (Lipinski definition) is 4. The molecular weight excluding hydrogens is 316 g/mol. The number of unbranched alkanes of at least 4 members (excludes halogenated alkanes) is 1. The molecule has 2 amide bonds. The lowest BCUT2D eigenvalue weighted by Crippen LogP contribution is -2.38. The van der Waals surface area contributed by atoms with E-state index in [1.54, 1.807) is 7.11 Å². The molecule has 1 saturated carbocycles. The van der Waals surface area contributed by atoms with Gasteiger partial charge in [-0.15, -0.1) is 0 Å². The first-order chi connectivity index (χ1) is 12.2. The Labute approximate surface area is 152 Å². The van der Waals surface area contributed by atoms with E-state index in [2.05, 4.69) is 28.2 Å². The molecule has 1 aliphatic rings. The van der Waals surface area contributed by atoms with Gasteiger partial charge in [-0.25, -0.2) is 4.79 Å². The molecule has 1 rings (SSSR count). The van der Waals surface area contributed by atoms with Gasteiger partial charge < -0.3 is 20.7 Å². The van der Waals surface area contributed by atoms with Crippen LogP contribution < -0.4 is 21.3 Å². The Kier molecular flexibility index (Phi) is 12.0. The van der Waals surface area contributed by atoms with Crippen LogP contribution in [0.15, 0.2) is 23.8 Å². The van der Waals surface area contributed by atoms with Crippen LogP contribution >= 0.6 is 0 Å². The van der Waals surface area contributed by atoms with Crippen molar-refractivity contribution in [1.82, 2.24) is 21.3 Å². The maximum absolute atomic E-state index is 11.6. The third kappa shape index (κ3) is 11.0. The highest BCUT2D eigenvalue weighted by molar-refractivity contribution is 5.73. The van der Waals surface area contributed by atoms with Crippen molar-refractivity contribution in [2.45, 2.75) is 45.8 Å². The maximum Gasteiger partial charge on any atom is 0.315 e. The van der Waals surface area contributed by atoms with Crippen molar-refractivity contribution >= 4 is 6.03 Å². The third-order valence-electron chi connectivity index (χ3n) is 4.15. The lowest BCUT2D eigenvalue weighted by atomic mass is 10.2. The molecule has 0 saturated heterocycles. The van der Waals surface area contributed by atoms with Crippen LogP contribution in [0, 0.1) is 5.92 Å². The van der Waals surface area contributed by atoms with E-state index in [0.29, 0.717) is 12.5 Å². The number of ether oxygens (including phenoxy) is 1. The van der Waals surface area contributed by atoms with E-state index in [4.69, 9.17) is 4.74 Å². The van der Waals surface area contributed by atoms with Crippen molar-refractivity contribution in [3.63, 3.8) is 0 Å². The van der Waals surface area contributed by atoms with Gasteiger partial charge in [0, 0.05) is 33.3 Å². The molecular formula is C19H36N4O2. The molecule has 1 unspecified atom stereocenters. The molecule has 0 aliphatic heterocycles. The first-order valence-corrected chi connectivity index (χ1v) is 9.52. The van der Waals surface area contributed by atoms with Gasteiger partial charge in [-0.05, 0) is 44.2 Å². The number of allylic oxidation sites excluding steroid dienone is 1. The van der Waals surface area contributed by atoms with Gasteiger partial charge in [-0.3, -0.25) is 5.32 Å². The molecule has 6 heteroatoms. The molecule has 25 heavy (non-hydrogen) atoms. The lowest BCUT2D eigenvalue weighted by molar-refractivity contribution is 0.106. The summed E-state index contributed by atoms with van der Waals surface area (Å²) in [6, 6.07) is -0.0989. The Hall–Kier alpha value is -1.37. The third-order valence-corrected chi connectivity index (χ3v) is 4.15. The molecule has 1 aliphatic carbocycles. The quantitative estimate of drug-likeness (QED) is 0.220. The summed E-state index contributed by atoms with van der Waals surface area (Å²) in [5, 5.41) is 12.5. The molecule has 1 atom stereocenters. The minimum atomic E-state index is -0.141. The van der Waals surface area contributed by atoms with Gasteiger partial charge in [0.15, 0.2) is 0 Å². The molecule has 0 heterocycles. The summed E-state index contributed by atoms with van der Waals surface area (Å²) in [5.41, 5.74) is 1.05. The average molecular weight is 353 g/mol. The van der Waals surface area contributed by atoms with Crippen LogP contribution in [-0.2, 0) is 4.74 Å². The Morgan fingerprint density at radius 3 is 2.68 bits per heavy atom. The second-order valence-corrected chi connectivity index (χ2v) is 6.40. The van der Waals surface area contributed by atoms with E-state index in [0.717, 1.165) is 31.8 Å². The number of amides is 2. The zero-order chi connectivity index (χ0) is 18.3. The Morgan fingerprint density at radius 1 is 1.24 bits per heavy atom. The van der Waals surface area contributed by atoms with E-state index in [1.807, 2.05) is 25.2 Å². The molecule has 0 aromatic rings. The highest BCUT2D eigenvalue weighted by Crippen LogP contribution is 2.27. The molecule has 1 fully saturated rings. The fraction of sp³-hybridized carbons (Fsp3) is 0.737. The first-order valence-electron chi connectivity index (χ1n) is 9.52. The van der Waals surface area contributed by atoms with Gasteiger partial charge in [-0.1, -0.05) is 31.6 Å². The van der Waals surface area contributed by atoms with E-state index in [1.165, 1.54) is 25.7 Å². The number of carbonyl (C=O) groups excluding carboxylic acids is 1. The highest BCUT2D eigenvalue weighted by Gasteiger charge is 2.21. The molecule has 0 radical (unpaired) electrons. The smallest absolute Gasteiger partial charge is 0.315 e. The monoisotopic (exact) mass is 352 g/mol. The van der Waals surface area contributed by atoms with Crippen molar-refractivity contribution in [3.05, 3.63) is 23.8 Å². The Bertz CT molecular complexity index is 420. The standard InChI is InChI=1S/C19H36N4O2/c1-4-6-11-20-13-14-21-18(25-3)17(5-2)8-7-12-22-19(24)23-15-16-9-10-16/h5,7-8,16,18,20-21H,4,6,9-15H2,1-3H3,(H2,22,23,24). The van der Waals surface area contributed by atoms with Crippen LogP contribution in [0.1, 0.15) is 39.5 Å². The summed E-state index contributed by atoms with van der Waals surface area (Å²) in [6.45, 7) is 8.29. The van der Waals surface area contributed by atoms with Crippen molar-refractivity contribution in [2.75, 3.05) is 39.8 Å². The van der Waals surface area contributed by atoms with Gasteiger partial charge in [0.2, 0.25) is 0 Å². The van der Waals surface area contributed by atoms with Crippen molar-refractivity contribution < 1.29 is 9.53 Å². The highest BCUT2D eigenvalue weighted by atomic mass is 16.5. The summed E-state index contributed by atoms with van der Waals surface area (Å²) >= 11 is 0. The van der Waals surface area contributed by atoms with Crippen LogP contribution in [-0.4, -0.2) is 52.1 Å². The number of carbonyl (C=O) groups is 1. The van der Waals surface area contributed by atoms with Crippen LogP contribution in [0.25, 0.3) is 0 Å². The minimum Gasteiger partial charge on any atom is -0.362 e. The number of urea groups is 1. The number of hydrogen-bond donors (Lipinski definition) is 4. The minimum absolute atomic E-state index is 0.0989. The first kappa shape index (κ1) is 21.7. The van der Waals surface area contributed by atoms with Crippen LogP contribution in [0.4, 0.5) is 4.79 Å². The van der Waals surface area contributed by atoms with E-state index in [9.17, 15) is 4.79 Å². The number of rotatable bonds is 14. The zero-order valence-electron chi connectivity index (χ0n) is 16.1. The van der Waals surface area contributed by atoms with Crippen molar-refractivity contribution in [3.8, 4) is 0 Å². The average Bonchev–Trinajstić information content (AvgIpc) is 3.45. The fourth-order valence-electron chi connectivity index (χ4n) is 2.36. The number of methoxy groups -OCH3 is 1. The van der Waals surface area contributed by atoms with E-state index < -0.39 is 0 Å². The molecule has 144 valence electrons. The van der Waals surface area contributed by atoms with Crippen LogP contribution in [0.3, 0.4) is 0 Å². The van der Waals surface area contributed by atoms with Gasteiger partial charge >= 0.3 is 6.03 Å². The lowest BCUT2D eigenvalue weighted by Gasteiger charge is -2.18. The SMILES string of the molecule is CC=C(C=CCNC(=O)NCC1CC1)C(NCCNCCCC)OC. The van der Waals surface area contributed by atoms with Crippen molar-refractivity contribution in [1.29, 1.82) is 0 Å². The second-order valence-electron chi connectivity index (χ2n) is 6.40.